The Morgan fingerprint density at radius 3 is 2.53 bits per heavy atom. The first-order valence-electron chi connectivity index (χ1n) is 18.2. The van der Waals surface area contributed by atoms with Crippen LogP contribution in [0.5, 0.6) is 11.6 Å². The first kappa shape index (κ1) is 34.3. The first-order chi connectivity index (χ1) is 24.7. The molecule has 4 aliphatic rings. The summed E-state index contributed by atoms with van der Waals surface area (Å²) in [5.41, 5.74) is 2.92. The third-order valence-corrected chi connectivity index (χ3v) is 12.4. The summed E-state index contributed by atoms with van der Waals surface area (Å²) >= 11 is 7.64. The SMILES string of the molecule is CC1(C)CC(CCCNc2nc(SNC(=O)c3ccc(-n4ccc(OCCC5C6(CC6)C56CC6)n4)nc3Cl)ccc2OCc2ccccc2)CN1. The summed E-state index contributed by atoms with van der Waals surface area (Å²) in [5.74, 6) is 3.53. The van der Waals surface area contributed by atoms with Gasteiger partial charge in [-0.3, -0.25) is 9.52 Å². The molecule has 0 radical (unpaired) electrons. The number of rotatable bonds is 16. The molecule has 4 aromatic rings. The van der Waals surface area contributed by atoms with Crippen molar-refractivity contribution in [2.75, 3.05) is 25.0 Å². The molecule has 12 heteroatoms. The van der Waals surface area contributed by atoms with Crippen LogP contribution in [0.15, 0.2) is 71.9 Å². The molecular formula is C39H46ClN7O3S. The topological polar surface area (TPSA) is 115 Å². The molecule has 51 heavy (non-hydrogen) atoms. The number of hydrogen-bond acceptors (Lipinski definition) is 9. The number of fused-ring (bicyclic) bond motifs is 1. The van der Waals surface area contributed by atoms with Crippen molar-refractivity contribution >= 4 is 35.3 Å². The molecule has 3 aromatic heterocycles. The van der Waals surface area contributed by atoms with Crippen LogP contribution in [-0.2, 0) is 6.61 Å². The molecule has 1 atom stereocenters. The number of aromatic nitrogens is 4. The smallest absolute Gasteiger partial charge is 0.264 e. The van der Waals surface area contributed by atoms with Crippen molar-refractivity contribution in [1.29, 1.82) is 0 Å². The van der Waals surface area contributed by atoms with Crippen LogP contribution in [0, 0.1) is 22.7 Å². The maximum absolute atomic E-state index is 13.2. The van der Waals surface area contributed by atoms with Gasteiger partial charge in [0.15, 0.2) is 17.4 Å². The zero-order chi connectivity index (χ0) is 35.1. The van der Waals surface area contributed by atoms with Crippen molar-refractivity contribution in [3.8, 4) is 17.4 Å². The molecule has 4 heterocycles. The molecule has 1 aromatic carbocycles. The Kier molecular flexibility index (Phi) is 9.39. The first-order valence-corrected chi connectivity index (χ1v) is 19.4. The third-order valence-electron chi connectivity index (χ3n) is 11.4. The zero-order valence-corrected chi connectivity index (χ0v) is 30.9. The third kappa shape index (κ3) is 7.43. The number of halogens is 1. The minimum absolute atomic E-state index is 0.0857. The molecular weight excluding hydrogens is 682 g/mol. The van der Waals surface area contributed by atoms with Gasteiger partial charge < -0.3 is 20.1 Å². The predicted octanol–water partition coefficient (Wildman–Crippen LogP) is 7.87. The molecule has 1 amide bonds. The van der Waals surface area contributed by atoms with E-state index in [2.05, 4.69) is 39.3 Å². The highest BCUT2D eigenvalue weighted by Crippen LogP contribution is 2.93. The van der Waals surface area contributed by atoms with E-state index >= 15 is 0 Å². The highest BCUT2D eigenvalue weighted by atomic mass is 35.5. The van der Waals surface area contributed by atoms with Gasteiger partial charge in [0.1, 0.15) is 16.8 Å². The number of benzene rings is 1. The van der Waals surface area contributed by atoms with Crippen LogP contribution < -0.4 is 24.8 Å². The molecule has 0 bridgehead atoms. The lowest BCUT2D eigenvalue weighted by Gasteiger charge is -2.17. The van der Waals surface area contributed by atoms with E-state index in [1.807, 2.05) is 48.5 Å². The number of carbonyl (C=O) groups is 1. The van der Waals surface area contributed by atoms with Crippen molar-refractivity contribution in [1.82, 2.24) is 29.8 Å². The number of amides is 1. The highest BCUT2D eigenvalue weighted by Gasteiger charge is 2.85. The second-order valence-corrected chi connectivity index (χ2v) is 16.5. The van der Waals surface area contributed by atoms with E-state index < -0.39 is 0 Å². The van der Waals surface area contributed by atoms with E-state index in [-0.39, 0.29) is 22.2 Å². The lowest BCUT2D eigenvalue weighted by molar-refractivity contribution is 0.0984. The van der Waals surface area contributed by atoms with Gasteiger partial charge in [-0.05, 0) is 124 Å². The molecule has 2 spiro atoms. The Bertz CT molecular complexity index is 1860. The van der Waals surface area contributed by atoms with Crippen LogP contribution in [-0.4, -0.2) is 50.9 Å². The van der Waals surface area contributed by atoms with Crippen molar-refractivity contribution in [2.24, 2.45) is 22.7 Å². The van der Waals surface area contributed by atoms with Gasteiger partial charge in [0.2, 0.25) is 5.88 Å². The minimum atomic E-state index is -0.371. The average molecular weight is 728 g/mol. The molecule has 4 fully saturated rings. The Balaban J connectivity index is 0.853. The van der Waals surface area contributed by atoms with Gasteiger partial charge in [0.25, 0.3) is 5.91 Å². The Hall–Kier alpha value is -3.80. The van der Waals surface area contributed by atoms with E-state index in [1.54, 1.807) is 23.0 Å². The molecule has 1 aliphatic heterocycles. The Labute approximate surface area is 309 Å². The van der Waals surface area contributed by atoms with Crippen molar-refractivity contribution in [3.05, 3.63) is 83.1 Å². The monoisotopic (exact) mass is 727 g/mol. The number of hydrogen-bond donors (Lipinski definition) is 3. The molecule has 3 aliphatic carbocycles. The summed E-state index contributed by atoms with van der Waals surface area (Å²) in [6.07, 6.45) is 11.9. The van der Waals surface area contributed by atoms with Crippen LogP contribution in [0.4, 0.5) is 5.82 Å². The molecule has 3 N–H and O–H groups in total. The summed E-state index contributed by atoms with van der Waals surface area (Å²) in [5, 5.41) is 12.3. The second kappa shape index (κ2) is 14.0. The van der Waals surface area contributed by atoms with Gasteiger partial charge in [-0.2, -0.15) is 0 Å². The normalized spacial score (nSPS) is 20.3. The molecule has 8 rings (SSSR count). The molecule has 268 valence electrons. The average Bonchev–Trinajstić information content (AvgIpc) is 4.08. The van der Waals surface area contributed by atoms with Gasteiger partial charge in [0.05, 0.1) is 12.2 Å². The summed E-state index contributed by atoms with van der Waals surface area (Å²) in [7, 11) is 0. The number of anilines is 1. The van der Waals surface area contributed by atoms with E-state index in [0.29, 0.717) is 58.3 Å². The highest BCUT2D eigenvalue weighted by molar-refractivity contribution is 7.97. The zero-order valence-electron chi connectivity index (χ0n) is 29.3. The maximum atomic E-state index is 13.2. The fourth-order valence-corrected chi connectivity index (χ4v) is 9.39. The predicted molar refractivity (Wildman–Crippen MR) is 200 cm³/mol. The second-order valence-electron chi connectivity index (χ2n) is 15.3. The standard InChI is InChI=1S/C39H46ClN7O3S/c1-37(2)23-27(24-42-37)9-6-20-41-35-29(50-25-26-7-4-3-5-8-26)11-13-33(44-35)51-46-36(48)28-10-12-31(43-34(28)40)47-21-14-32(45-47)49-22-15-30-38(16-17-38)39(30)18-19-39/h3-5,7-8,10-14,21,27,30,42H,6,9,15-20,22-25H2,1-2H3,(H,41,44)(H,46,48). The maximum Gasteiger partial charge on any atom is 0.264 e. The van der Waals surface area contributed by atoms with Crippen LogP contribution in [0.3, 0.4) is 0 Å². The largest absolute Gasteiger partial charge is 0.485 e. The van der Waals surface area contributed by atoms with Gasteiger partial charge >= 0.3 is 0 Å². The summed E-state index contributed by atoms with van der Waals surface area (Å²) in [6.45, 7) is 7.47. The number of nitrogens with one attached hydrogen (secondary N) is 3. The van der Waals surface area contributed by atoms with Gasteiger partial charge in [-0.1, -0.05) is 41.9 Å². The number of pyridine rings is 2. The number of carbonyl (C=O) groups excluding carboxylic acids is 1. The molecule has 1 unspecified atom stereocenters. The summed E-state index contributed by atoms with van der Waals surface area (Å²) in [4.78, 5) is 22.4. The lowest BCUT2D eigenvalue weighted by Crippen LogP contribution is -2.31. The van der Waals surface area contributed by atoms with Crippen LogP contribution in [0.2, 0.25) is 5.15 Å². The van der Waals surface area contributed by atoms with Gasteiger partial charge in [0, 0.05) is 36.3 Å². The van der Waals surface area contributed by atoms with E-state index in [1.165, 1.54) is 32.1 Å². The fourth-order valence-electron chi connectivity index (χ4n) is 8.58. The molecule has 3 saturated carbocycles. The van der Waals surface area contributed by atoms with E-state index in [9.17, 15) is 4.79 Å². The fraction of sp³-hybridized carbons (Fsp3) is 0.487. The van der Waals surface area contributed by atoms with E-state index in [0.717, 1.165) is 55.8 Å². The quantitative estimate of drug-likeness (QED) is 0.0603. The van der Waals surface area contributed by atoms with Gasteiger partial charge in [-0.15, -0.1) is 5.10 Å². The lowest BCUT2D eigenvalue weighted by atomic mass is 9.94. The van der Waals surface area contributed by atoms with Crippen LogP contribution in [0.1, 0.15) is 81.1 Å². The van der Waals surface area contributed by atoms with Crippen LogP contribution >= 0.6 is 23.5 Å². The number of ether oxygens (including phenoxy) is 2. The van der Waals surface area contributed by atoms with Crippen molar-refractivity contribution in [3.63, 3.8) is 0 Å². The van der Waals surface area contributed by atoms with Crippen molar-refractivity contribution < 1.29 is 14.3 Å². The Morgan fingerprint density at radius 1 is 1.00 bits per heavy atom. The number of nitrogens with zero attached hydrogens (tertiary/aromatic N) is 4. The van der Waals surface area contributed by atoms with Crippen LogP contribution in [0.25, 0.3) is 5.82 Å². The molecule has 10 nitrogen and oxygen atoms in total. The van der Waals surface area contributed by atoms with Crippen molar-refractivity contribution in [2.45, 2.75) is 82.4 Å². The summed E-state index contributed by atoms with van der Waals surface area (Å²) in [6, 6.07) is 19.0. The molecule has 1 saturated heterocycles. The minimum Gasteiger partial charge on any atom is -0.485 e. The Morgan fingerprint density at radius 2 is 1.80 bits per heavy atom. The summed E-state index contributed by atoms with van der Waals surface area (Å²) < 4.78 is 16.6. The van der Waals surface area contributed by atoms with Gasteiger partial charge in [-0.25, -0.2) is 14.6 Å². The van der Waals surface area contributed by atoms with E-state index in [4.69, 9.17) is 26.1 Å².